The summed E-state index contributed by atoms with van der Waals surface area (Å²) in [5, 5.41) is 13.7. The van der Waals surface area contributed by atoms with Crippen LogP contribution < -0.4 is 5.32 Å². The summed E-state index contributed by atoms with van der Waals surface area (Å²) in [4.78, 5) is 13.9. The number of aryl methyl sites for hydroxylation is 1. The molecule has 2 aliphatic heterocycles. The summed E-state index contributed by atoms with van der Waals surface area (Å²) in [7, 11) is 0. The maximum Gasteiger partial charge on any atom is 0.217 e. The van der Waals surface area contributed by atoms with Crippen molar-refractivity contribution in [2.24, 2.45) is 5.92 Å². The molecular weight excluding hydrogens is 316 g/mol. The van der Waals surface area contributed by atoms with Crippen molar-refractivity contribution in [3.05, 3.63) is 35.4 Å². The second-order valence-corrected chi connectivity index (χ2v) is 7.96. The Labute approximate surface area is 150 Å². The fraction of sp³-hybridized carbons (Fsp3) is 0.650. The second kappa shape index (κ2) is 7.44. The first kappa shape index (κ1) is 18.4. The molecule has 138 valence electrons. The van der Waals surface area contributed by atoms with Crippen molar-refractivity contribution in [2.75, 3.05) is 19.7 Å². The second-order valence-electron chi connectivity index (χ2n) is 7.96. The molecule has 1 aromatic rings. The van der Waals surface area contributed by atoms with Gasteiger partial charge in [-0.3, -0.25) is 9.69 Å². The van der Waals surface area contributed by atoms with E-state index < -0.39 is 5.60 Å². The van der Waals surface area contributed by atoms with E-state index in [4.69, 9.17) is 4.74 Å². The minimum absolute atomic E-state index is 0.125. The van der Waals surface area contributed by atoms with Gasteiger partial charge in [-0.2, -0.15) is 0 Å². The number of piperidine rings is 1. The zero-order chi connectivity index (χ0) is 18.0. The van der Waals surface area contributed by atoms with E-state index in [1.807, 2.05) is 6.92 Å². The molecule has 2 heterocycles. The number of amides is 1. The molecule has 1 amide bonds. The Balaban J connectivity index is 1.65. The van der Waals surface area contributed by atoms with Gasteiger partial charge in [0.25, 0.3) is 0 Å². The highest BCUT2D eigenvalue weighted by molar-refractivity contribution is 5.73. The van der Waals surface area contributed by atoms with E-state index in [0.717, 1.165) is 26.1 Å². The number of ether oxygens (including phenoxy) is 1. The number of aliphatic hydroxyl groups is 1. The van der Waals surface area contributed by atoms with Crippen molar-refractivity contribution >= 4 is 5.91 Å². The minimum atomic E-state index is -0.946. The quantitative estimate of drug-likeness (QED) is 0.877. The van der Waals surface area contributed by atoms with Crippen LogP contribution in [-0.2, 0) is 16.1 Å². The van der Waals surface area contributed by atoms with Gasteiger partial charge in [-0.1, -0.05) is 29.8 Å². The molecule has 2 saturated heterocycles. The van der Waals surface area contributed by atoms with Crippen LogP contribution in [0, 0.1) is 12.8 Å². The molecule has 5 heteroatoms. The highest BCUT2D eigenvalue weighted by Gasteiger charge is 2.43. The van der Waals surface area contributed by atoms with Crippen LogP contribution in [0.4, 0.5) is 0 Å². The Bertz CT molecular complexity index is 599. The molecule has 0 bridgehead atoms. The van der Waals surface area contributed by atoms with Gasteiger partial charge in [0.15, 0.2) is 0 Å². The maximum atomic E-state index is 11.4. The van der Waals surface area contributed by atoms with Gasteiger partial charge in [0.2, 0.25) is 5.91 Å². The third-order valence-electron chi connectivity index (χ3n) is 5.56. The number of rotatable bonds is 3. The first-order valence-corrected chi connectivity index (χ1v) is 9.22. The van der Waals surface area contributed by atoms with E-state index >= 15 is 0 Å². The van der Waals surface area contributed by atoms with Gasteiger partial charge in [-0.15, -0.1) is 0 Å². The Morgan fingerprint density at radius 1 is 1.40 bits per heavy atom. The van der Waals surface area contributed by atoms with Crippen LogP contribution in [0.25, 0.3) is 0 Å². The summed E-state index contributed by atoms with van der Waals surface area (Å²) in [6.45, 7) is 8.64. The standard InChI is InChI=1S/C20H30N2O3/c1-14-4-6-16(7-5-14)11-22-9-8-18-17(12-22)10-20(3,24)19(13-25-18)21-15(2)23/h4-7,17-19,24H,8-13H2,1-3H3,(H,21,23)/t17-,18+,19+,20+/m0/s1. The lowest BCUT2D eigenvalue weighted by Gasteiger charge is -2.39. The Morgan fingerprint density at radius 3 is 2.80 bits per heavy atom. The first-order chi connectivity index (χ1) is 11.8. The van der Waals surface area contributed by atoms with Gasteiger partial charge in [-0.05, 0) is 32.3 Å². The summed E-state index contributed by atoms with van der Waals surface area (Å²) in [5.41, 5.74) is 1.65. The van der Waals surface area contributed by atoms with Crippen molar-refractivity contribution in [2.45, 2.75) is 57.9 Å². The summed E-state index contributed by atoms with van der Waals surface area (Å²) in [6.07, 6.45) is 1.78. The SMILES string of the molecule is CC(=O)N[C@@H]1CO[C@@H]2CCN(Cc3ccc(C)cc3)C[C@@H]2C[C@@]1(C)O. The monoisotopic (exact) mass is 346 g/mol. The lowest BCUT2D eigenvalue weighted by atomic mass is 9.82. The van der Waals surface area contributed by atoms with E-state index in [1.54, 1.807) is 0 Å². The van der Waals surface area contributed by atoms with Gasteiger partial charge >= 0.3 is 0 Å². The number of carbonyl (C=O) groups is 1. The molecule has 2 fully saturated rings. The zero-order valence-corrected chi connectivity index (χ0v) is 15.5. The molecular formula is C20H30N2O3. The molecule has 0 aliphatic carbocycles. The largest absolute Gasteiger partial charge is 0.388 e. The van der Waals surface area contributed by atoms with E-state index in [2.05, 4.69) is 41.4 Å². The average molecular weight is 346 g/mol. The number of benzene rings is 1. The van der Waals surface area contributed by atoms with Crippen molar-refractivity contribution in [1.29, 1.82) is 0 Å². The van der Waals surface area contributed by atoms with E-state index in [9.17, 15) is 9.90 Å². The van der Waals surface area contributed by atoms with Crippen molar-refractivity contribution < 1.29 is 14.6 Å². The van der Waals surface area contributed by atoms with Gasteiger partial charge in [0.1, 0.15) is 0 Å². The molecule has 3 rings (SSSR count). The lowest BCUT2D eigenvalue weighted by Crippen LogP contribution is -2.53. The predicted octanol–water partition coefficient (Wildman–Crippen LogP) is 1.86. The molecule has 0 unspecified atom stereocenters. The molecule has 25 heavy (non-hydrogen) atoms. The summed E-state index contributed by atoms with van der Waals surface area (Å²) in [6, 6.07) is 8.34. The van der Waals surface area contributed by atoms with Crippen LogP contribution in [-0.4, -0.2) is 53.4 Å². The number of nitrogens with one attached hydrogen (secondary N) is 1. The molecule has 0 saturated carbocycles. The number of carbonyl (C=O) groups excluding carboxylic acids is 1. The highest BCUT2D eigenvalue weighted by atomic mass is 16.5. The highest BCUT2D eigenvalue weighted by Crippen LogP contribution is 2.33. The van der Waals surface area contributed by atoms with Crippen LogP contribution in [0.5, 0.6) is 0 Å². The van der Waals surface area contributed by atoms with Gasteiger partial charge in [-0.25, -0.2) is 0 Å². The zero-order valence-electron chi connectivity index (χ0n) is 15.5. The molecule has 5 nitrogen and oxygen atoms in total. The summed E-state index contributed by atoms with van der Waals surface area (Å²) >= 11 is 0. The van der Waals surface area contributed by atoms with Crippen LogP contribution in [0.15, 0.2) is 24.3 Å². The molecule has 0 aromatic heterocycles. The average Bonchev–Trinajstić information content (AvgIpc) is 2.65. The first-order valence-electron chi connectivity index (χ1n) is 9.22. The number of likely N-dealkylation sites (tertiary alicyclic amines) is 1. The number of hydrogen-bond donors (Lipinski definition) is 2. The van der Waals surface area contributed by atoms with Crippen molar-refractivity contribution in [3.8, 4) is 0 Å². The molecule has 2 N–H and O–H groups in total. The predicted molar refractivity (Wildman–Crippen MR) is 97.1 cm³/mol. The van der Waals surface area contributed by atoms with Crippen LogP contribution in [0.2, 0.25) is 0 Å². The van der Waals surface area contributed by atoms with Crippen LogP contribution in [0.1, 0.15) is 37.8 Å². The maximum absolute atomic E-state index is 11.4. The van der Waals surface area contributed by atoms with Crippen molar-refractivity contribution in [1.82, 2.24) is 10.2 Å². The fourth-order valence-corrected chi connectivity index (χ4v) is 4.11. The number of fused-ring (bicyclic) bond motifs is 1. The van der Waals surface area contributed by atoms with E-state index in [-0.39, 0.29) is 24.0 Å². The smallest absolute Gasteiger partial charge is 0.217 e. The van der Waals surface area contributed by atoms with E-state index in [0.29, 0.717) is 13.0 Å². The van der Waals surface area contributed by atoms with Gasteiger partial charge in [0, 0.05) is 32.5 Å². The van der Waals surface area contributed by atoms with Gasteiger partial charge in [0.05, 0.1) is 24.4 Å². The minimum Gasteiger partial charge on any atom is -0.388 e. The van der Waals surface area contributed by atoms with Crippen molar-refractivity contribution in [3.63, 3.8) is 0 Å². The molecule has 1 aromatic carbocycles. The molecule has 0 radical (unpaired) electrons. The van der Waals surface area contributed by atoms with Gasteiger partial charge < -0.3 is 15.2 Å². The Hall–Kier alpha value is -1.43. The molecule has 0 spiro atoms. The summed E-state index contributed by atoms with van der Waals surface area (Å²) < 4.78 is 6.07. The third kappa shape index (κ3) is 4.60. The van der Waals surface area contributed by atoms with Crippen LogP contribution in [0.3, 0.4) is 0 Å². The third-order valence-corrected chi connectivity index (χ3v) is 5.56. The topological polar surface area (TPSA) is 61.8 Å². The molecule has 4 atom stereocenters. The fourth-order valence-electron chi connectivity index (χ4n) is 4.11. The summed E-state index contributed by atoms with van der Waals surface area (Å²) in [5.74, 6) is 0.160. The van der Waals surface area contributed by atoms with E-state index in [1.165, 1.54) is 18.1 Å². The molecule has 2 aliphatic rings. The Kier molecular flexibility index (Phi) is 5.46. The Morgan fingerprint density at radius 2 is 2.12 bits per heavy atom. The normalized spacial score (nSPS) is 33.4. The lowest BCUT2D eigenvalue weighted by molar-refractivity contribution is -0.122. The van der Waals surface area contributed by atoms with Crippen LogP contribution >= 0.6 is 0 Å². The number of hydrogen-bond acceptors (Lipinski definition) is 4. The number of nitrogens with zero attached hydrogens (tertiary/aromatic N) is 1.